The summed E-state index contributed by atoms with van der Waals surface area (Å²) >= 11 is 0. The number of rotatable bonds is 5. The first-order valence-corrected chi connectivity index (χ1v) is 9.00. The SMILES string of the molecule is O=C(NC1CCN(C(=O)Cc2ccccc2[N+](=O)[O-])CC1)c1ccc(F)cc1. The largest absolute Gasteiger partial charge is 0.349 e. The Morgan fingerprint density at radius 1 is 1.11 bits per heavy atom. The summed E-state index contributed by atoms with van der Waals surface area (Å²) < 4.78 is 12.9. The van der Waals surface area contributed by atoms with E-state index in [0.29, 0.717) is 37.1 Å². The summed E-state index contributed by atoms with van der Waals surface area (Å²) in [4.78, 5) is 37.0. The number of benzene rings is 2. The monoisotopic (exact) mass is 385 g/mol. The first kappa shape index (κ1) is 19.5. The van der Waals surface area contributed by atoms with Gasteiger partial charge in [-0.1, -0.05) is 18.2 Å². The average molecular weight is 385 g/mol. The normalized spacial score (nSPS) is 14.5. The Morgan fingerprint density at radius 3 is 2.39 bits per heavy atom. The van der Waals surface area contributed by atoms with Gasteiger partial charge in [0.05, 0.1) is 11.3 Å². The van der Waals surface area contributed by atoms with Gasteiger partial charge in [-0.15, -0.1) is 0 Å². The molecule has 1 N–H and O–H groups in total. The highest BCUT2D eigenvalue weighted by Crippen LogP contribution is 2.20. The maximum Gasteiger partial charge on any atom is 0.273 e. The predicted octanol–water partition coefficient (Wildman–Crippen LogP) is 2.70. The summed E-state index contributed by atoms with van der Waals surface area (Å²) in [6.45, 7) is 0.932. The summed E-state index contributed by atoms with van der Waals surface area (Å²) in [5.41, 5.74) is 0.720. The van der Waals surface area contributed by atoms with Crippen molar-refractivity contribution in [3.05, 3.63) is 75.6 Å². The molecular weight excluding hydrogens is 365 g/mol. The molecule has 0 unspecified atom stereocenters. The van der Waals surface area contributed by atoms with Crippen LogP contribution in [0.3, 0.4) is 0 Å². The second kappa shape index (κ2) is 8.60. The second-order valence-electron chi connectivity index (χ2n) is 6.70. The zero-order valence-electron chi connectivity index (χ0n) is 15.1. The van der Waals surface area contributed by atoms with E-state index in [2.05, 4.69) is 5.32 Å². The number of hydrogen-bond donors (Lipinski definition) is 1. The summed E-state index contributed by atoms with van der Waals surface area (Å²) in [7, 11) is 0. The topological polar surface area (TPSA) is 92.6 Å². The van der Waals surface area contributed by atoms with Crippen molar-refractivity contribution in [2.75, 3.05) is 13.1 Å². The number of halogens is 1. The first-order chi connectivity index (χ1) is 13.4. The van der Waals surface area contributed by atoms with Gasteiger partial charge in [-0.2, -0.15) is 0 Å². The van der Waals surface area contributed by atoms with Crippen molar-refractivity contribution < 1.29 is 18.9 Å². The quantitative estimate of drug-likeness (QED) is 0.633. The van der Waals surface area contributed by atoms with E-state index in [1.807, 2.05) is 0 Å². The Balaban J connectivity index is 1.52. The molecule has 1 heterocycles. The van der Waals surface area contributed by atoms with Gasteiger partial charge in [-0.3, -0.25) is 19.7 Å². The number of piperidine rings is 1. The van der Waals surface area contributed by atoms with Gasteiger partial charge >= 0.3 is 0 Å². The summed E-state index contributed by atoms with van der Waals surface area (Å²) in [5.74, 6) is -0.843. The van der Waals surface area contributed by atoms with Crippen LogP contribution in [0, 0.1) is 15.9 Å². The molecule has 2 aromatic rings. The van der Waals surface area contributed by atoms with E-state index in [-0.39, 0.29) is 30.0 Å². The van der Waals surface area contributed by atoms with Crippen LogP contribution in [0.1, 0.15) is 28.8 Å². The van der Waals surface area contributed by atoms with Crippen LogP contribution in [-0.4, -0.2) is 40.8 Å². The molecule has 3 rings (SSSR count). The van der Waals surface area contributed by atoms with Crippen molar-refractivity contribution in [2.45, 2.75) is 25.3 Å². The van der Waals surface area contributed by atoms with E-state index < -0.39 is 10.7 Å². The molecule has 2 amide bonds. The lowest BCUT2D eigenvalue weighted by Crippen LogP contribution is -2.47. The Kier molecular flexibility index (Phi) is 5.98. The number of amides is 2. The van der Waals surface area contributed by atoms with Crippen molar-refractivity contribution in [2.24, 2.45) is 0 Å². The number of nitro groups is 1. The van der Waals surface area contributed by atoms with Gasteiger partial charge in [0.25, 0.3) is 11.6 Å². The Labute approximate surface area is 161 Å². The number of nitrogens with one attached hydrogen (secondary N) is 1. The van der Waals surface area contributed by atoms with Gasteiger partial charge < -0.3 is 10.2 Å². The number of carbonyl (C=O) groups excluding carboxylic acids is 2. The van der Waals surface area contributed by atoms with Crippen LogP contribution in [0.15, 0.2) is 48.5 Å². The zero-order valence-corrected chi connectivity index (χ0v) is 15.1. The molecule has 1 aliphatic heterocycles. The highest BCUT2D eigenvalue weighted by atomic mass is 19.1. The summed E-state index contributed by atoms with van der Waals surface area (Å²) in [5, 5.41) is 14.0. The maximum absolute atomic E-state index is 12.9. The van der Waals surface area contributed by atoms with Gasteiger partial charge in [0.2, 0.25) is 5.91 Å². The smallest absolute Gasteiger partial charge is 0.273 e. The molecule has 0 aliphatic carbocycles. The molecule has 0 saturated carbocycles. The molecule has 0 radical (unpaired) electrons. The highest BCUT2D eigenvalue weighted by molar-refractivity contribution is 5.94. The zero-order chi connectivity index (χ0) is 20.1. The molecule has 0 atom stereocenters. The molecule has 0 aromatic heterocycles. The fourth-order valence-corrected chi connectivity index (χ4v) is 3.26. The lowest BCUT2D eigenvalue weighted by atomic mass is 10.0. The van der Waals surface area contributed by atoms with Crippen LogP contribution in [0.4, 0.5) is 10.1 Å². The van der Waals surface area contributed by atoms with E-state index in [1.54, 1.807) is 23.1 Å². The van der Waals surface area contributed by atoms with Gasteiger partial charge in [0.15, 0.2) is 0 Å². The molecular formula is C20H20FN3O4. The van der Waals surface area contributed by atoms with Crippen LogP contribution >= 0.6 is 0 Å². The number of carbonyl (C=O) groups is 2. The standard InChI is InChI=1S/C20H20FN3O4/c21-16-7-5-14(6-8-16)20(26)22-17-9-11-23(12-10-17)19(25)13-15-3-1-2-4-18(15)24(27)28/h1-8,17H,9-13H2,(H,22,26). The minimum Gasteiger partial charge on any atom is -0.349 e. The lowest BCUT2D eigenvalue weighted by Gasteiger charge is -2.32. The van der Waals surface area contributed by atoms with Crippen LogP contribution in [0.2, 0.25) is 0 Å². The van der Waals surface area contributed by atoms with Gasteiger partial charge in [-0.25, -0.2) is 4.39 Å². The molecule has 28 heavy (non-hydrogen) atoms. The predicted molar refractivity (Wildman–Crippen MR) is 100 cm³/mol. The van der Waals surface area contributed by atoms with Gasteiger partial charge in [-0.05, 0) is 37.1 Å². The molecule has 146 valence electrons. The molecule has 1 saturated heterocycles. The number of para-hydroxylation sites is 1. The van der Waals surface area contributed by atoms with Crippen LogP contribution < -0.4 is 5.32 Å². The van der Waals surface area contributed by atoms with Crippen LogP contribution in [0.25, 0.3) is 0 Å². The Hall–Kier alpha value is -3.29. The van der Waals surface area contributed by atoms with E-state index >= 15 is 0 Å². The van der Waals surface area contributed by atoms with Crippen LogP contribution in [-0.2, 0) is 11.2 Å². The molecule has 2 aromatic carbocycles. The van der Waals surface area contributed by atoms with E-state index in [9.17, 15) is 24.1 Å². The van der Waals surface area contributed by atoms with E-state index in [0.717, 1.165) is 0 Å². The first-order valence-electron chi connectivity index (χ1n) is 9.00. The Bertz CT molecular complexity index is 877. The van der Waals surface area contributed by atoms with Crippen molar-refractivity contribution in [1.29, 1.82) is 0 Å². The fraction of sp³-hybridized carbons (Fsp3) is 0.300. The fourth-order valence-electron chi connectivity index (χ4n) is 3.26. The van der Waals surface area contributed by atoms with E-state index in [4.69, 9.17) is 0 Å². The minimum atomic E-state index is -0.486. The van der Waals surface area contributed by atoms with Crippen LogP contribution in [0.5, 0.6) is 0 Å². The number of hydrogen-bond acceptors (Lipinski definition) is 4. The van der Waals surface area contributed by atoms with Crippen molar-refractivity contribution in [3.8, 4) is 0 Å². The van der Waals surface area contributed by atoms with Gasteiger partial charge in [0.1, 0.15) is 5.82 Å². The average Bonchev–Trinajstić information content (AvgIpc) is 2.69. The van der Waals surface area contributed by atoms with Gasteiger partial charge in [0, 0.05) is 36.3 Å². The number of likely N-dealkylation sites (tertiary alicyclic amines) is 1. The van der Waals surface area contributed by atoms with Crippen molar-refractivity contribution in [3.63, 3.8) is 0 Å². The Morgan fingerprint density at radius 2 is 1.75 bits per heavy atom. The molecule has 1 fully saturated rings. The molecule has 0 spiro atoms. The maximum atomic E-state index is 12.9. The second-order valence-corrected chi connectivity index (χ2v) is 6.70. The highest BCUT2D eigenvalue weighted by Gasteiger charge is 2.25. The third-order valence-corrected chi connectivity index (χ3v) is 4.82. The summed E-state index contributed by atoms with van der Waals surface area (Å²) in [6, 6.07) is 11.5. The third kappa shape index (κ3) is 4.70. The summed E-state index contributed by atoms with van der Waals surface area (Å²) in [6.07, 6.45) is 1.16. The lowest BCUT2D eigenvalue weighted by molar-refractivity contribution is -0.385. The minimum absolute atomic E-state index is 0.0240. The number of nitro benzene ring substituents is 1. The molecule has 7 nitrogen and oxygen atoms in total. The number of nitrogens with zero attached hydrogens (tertiary/aromatic N) is 2. The molecule has 8 heteroatoms. The molecule has 1 aliphatic rings. The van der Waals surface area contributed by atoms with Crippen molar-refractivity contribution in [1.82, 2.24) is 10.2 Å². The van der Waals surface area contributed by atoms with E-state index in [1.165, 1.54) is 30.3 Å². The molecule has 0 bridgehead atoms. The third-order valence-electron chi connectivity index (χ3n) is 4.82. The van der Waals surface area contributed by atoms with Crippen molar-refractivity contribution >= 4 is 17.5 Å².